The van der Waals surface area contributed by atoms with E-state index >= 15 is 0 Å². The second kappa shape index (κ2) is 5.20. The Balaban J connectivity index is 2.00. The van der Waals surface area contributed by atoms with Gasteiger partial charge in [-0.25, -0.2) is 4.79 Å². The molecular weight excluding hydrogens is 268 g/mol. The smallest absolute Gasteiger partial charge is 0.337 e. The van der Waals surface area contributed by atoms with Gasteiger partial charge in [0.05, 0.1) is 12.7 Å². The van der Waals surface area contributed by atoms with Crippen LogP contribution in [-0.2, 0) is 4.74 Å². The van der Waals surface area contributed by atoms with Crippen molar-refractivity contribution in [3.05, 3.63) is 59.0 Å². The van der Waals surface area contributed by atoms with Crippen molar-refractivity contribution >= 4 is 22.6 Å². The summed E-state index contributed by atoms with van der Waals surface area (Å²) in [5, 5.41) is 3.84. The molecule has 0 saturated carbocycles. The summed E-state index contributed by atoms with van der Waals surface area (Å²) < 4.78 is 4.67. The lowest BCUT2D eigenvalue weighted by atomic mass is 10.1. The molecule has 0 amide bonds. The fourth-order valence-electron chi connectivity index (χ4n) is 2.24. The summed E-state index contributed by atoms with van der Waals surface area (Å²) >= 11 is 0. The maximum atomic E-state index is 11.4. The number of hydrogen-bond donors (Lipinski definition) is 1. The Labute approximate surface area is 120 Å². The van der Waals surface area contributed by atoms with E-state index in [4.69, 9.17) is 0 Å². The molecule has 0 unspecified atom stereocenters. The van der Waals surface area contributed by atoms with E-state index in [1.165, 1.54) is 7.11 Å². The van der Waals surface area contributed by atoms with E-state index in [0.717, 1.165) is 22.2 Å². The Morgan fingerprint density at radius 2 is 1.86 bits per heavy atom. The second-order valence-electron chi connectivity index (χ2n) is 4.61. The molecule has 0 atom stereocenters. The van der Waals surface area contributed by atoms with Crippen molar-refractivity contribution in [2.45, 2.75) is 0 Å². The number of aromatic amines is 1. The van der Waals surface area contributed by atoms with Gasteiger partial charge in [0, 0.05) is 16.6 Å². The number of carbonyl (C=O) groups is 1. The Hall–Kier alpha value is -2.95. The number of benzene rings is 2. The molecule has 0 radical (unpaired) electrons. The molecular formula is C16H12N2O3. The number of hydrogen-bond acceptors (Lipinski definition) is 4. The zero-order valence-electron chi connectivity index (χ0n) is 11.3. The van der Waals surface area contributed by atoms with Gasteiger partial charge in [0.1, 0.15) is 5.69 Å². The maximum absolute atomic E-state index is 11.4. The third-order valence-corrected chi connectivity index (χ3v) is 3.33. The summed E-state index contributed by atoms with van der Waals surface area (Å²) in [6.45, 7) is 0. The fraction of sp³-hybridized carbons (Fsp3) is 0.0625. The quantitative estimate of drug-likeness (QED) is 0.581. The average Bonchev–Trinajstić information content (AvgIpc) is 2.97. The Morgan fingerprint density at radius 1 is 1.10 bits per heavy atom. The molecule has 0 aliphatic carbocycles. The first-order valence-corrected chi connectivity index (χ1v) is 6.36. The largest absolute Gasteiger partial charge is 0.465 e. The molecule has 3 aromatic rings. The number of H-pyrrole nitrogens is 1. The molecule has 2 aromatic carbocycles. The van der Waals surface area contributed by atoms with Crippen molar-refractivity contribution in [3.8, 4) is 11.3 Å². The standard InChI is InChI=1S/C16H12N2O3/c1-21-16(19)11-4-2-10(3-5-11)15-9-12-8-13(18-20)6-7-14(12)17-15/h2-9,17H,1H3. The summed E-state index contributed by atoms with van der Waals surface area (Å²) in [6, 6.07) is 14.3. The van der Waals surface area contributed by atoms with Gasteiger partial charge < -0.3 is 9.72 Å². The van der Waals surface area contributed by atoms with E-state index < -0.39 is 0 Å². The predicted octanol–water partition coefficient (Wildman–Crippen LogP) is 4.02. The number of methoxy groups -OCH3 is 1. The summed E-state index contributed by atoms with van der Waals surface area (Å²) in [5.41, 5.74) is 3.68. The van der Waals surface area contributed by atoms with Crippen LogP contribution in [0.15, 0.2) is 53.7 Å². The lowest BCUT2D eigenvalue weighted by molar-refractivity contribution is 0.0601. The van der Waals surface area contributed by atoms with Crippen LogP contribution >= 0.6 is 0 Å². The van der Waals surface area contributed by atoms with E-state index in [0.29, 0.717) is 11.3 Å². The number of ether oxygens (including phenoxy) is 1. The molecule has 1 aromatic heterocycles. The highest BCUT2D eigenvalue weighted by Crippen LogP contribution is 2.27. The zero-order valence-corrected chi connectivity index (χ0v) is 11.3. The van der Waals surface area contributed by atoms with Crippen LogP contribution in [0.5, 0.6) is 0 Å². The van der Waals surface area contributed by atoms with E-state index in [1.807, 2.05) is 24.3 Å². The number of nitrogens with one attached hydrogen (secondary N) is 1. The molecule has 0 bridgehead atoms. The van der Waals surface area contributed by atoms with Crippen LogP contribution in [0.2, 0.25) is 0 Å². The first kappa shape index (κ1) is 13.1. The van der Waals surface area contributed by atoms with Crippen LogP contribution < -0.4 is 0 Å². The van der Waals surface area contributed by atoms with Gasteiger partial charge in [0.25, 0.3) is 0 Å². The highest BCUT2D eigenvalue weighted by Gasteiger charge is 2.07. The van der Waals surface area contributed by atoms with Gasteiger partial charge in [-0.15, -0.1) is 4.91 Å². The van der Waals surface area contributed by atoms with E-state index in [-0.39, 0.29) is 5.97 Å². The van der Waals surface area contributed by atoms with E-state index in [1.54, 1.807) is 24.3 Å². The minimum absolute atomic E-state index is 0.361. The lowest BCUT2D eigenvalue weighted by Gasteiger charge is -2.01. The minimum atomic E-state index is -0.361. The van der Waals surface area contributed by atoms with Crippen molar-refractivity contribution in [2.24, 2.45) is 5.18 Å². The molecule has 1 heterocycles. The topological polar surface area (TPSA) is 71.5 Å². The monoisotopic (exact) mass is 280 g/mol. The van der Waals surface area contributed by atoms with Gasteiger partial charge >= 0.3 is 5.97 Å². The number of rotatable bonds is 3. The summed E-state index contributed by atoms with van der Waals surface area (Å²) in [4.78, 5) is 25.2. The van der Waals surface area contributed by atoms with Gasteiger partial charge in [-0.1, -0.05) is 12.1 Å². The molecule has 104 valence electrons. The highest BCUT2D eigenvalue weighted by molar-refractivity contribution is 5.91. The number of nitroso groups, excluding NO2 is 1. The Kier molecular flexibility index (Phi) is 3.23. The predicted molar refractivity (Wildman–Crippen MR) is 80.5 cm³/mol. The third-order valence-electron chi connectivity index (χ3n) is 3.33. The summed E-state index contributed by atoms with van der Waals surface area (Å²) in [6.07, 6.45) is 0. The van der Waals surface area contributed by atoms with Crippen LogP contribution in [0.3, 0.4) is 0 Å². The number of carbonyl (C=O) groups excluding carboxylic acids is 1. The SMILES string of the molecule is COC(=O)c1ccc(-c2cc3cc(N=O)ccc3[nH]2)cc1. The molecule has 0 aliphatic heterocycles. The van der Waals surface area contributed by atoms with Gasteiger partial charge in [-0.05, 0) is 47.1 Å². The summed E-state index contributed by atoms with van der Waals surface area (Å²) in [5.74, 6) is -0.361. The molecule has 21 heavy (non-hydrogen) atoms. The van der Waals surface area contributed by atoms with Crippen LogP contribution in [0.1, 0.15) is 10.4 Å². The maximum Gasteiger partial charge on any atom is 0.337 e. The number of esters is 1. The van der Waals surface area contributed by atoms with Gasteiger partial charge in [-0.2, -0.15) is 0 Å². The van der Waals surface area contributed by atoms with Gasteiger partial charge in [-0.3, -0.25) is 0 Å². The molecule has 5 heteroatoms. The molecule has 1 N–H and O–H groups in total. The van der Waals surface area contributed by atoms with Crippen molar-refractivity contribution in [3.63, 3.8) is 0 Å². The number of nitrogens with zero attached hydrogens (tertiary/aromatic N) is 1. The molecule has 0 spiro atoms. The molecule has 0 saturated heterocycles. The summed E-state index contributed by atoms with van der Waals surface area (Å²) in [7, 11) is 1.35. The lowest BCUT2D eigenvalue weighted by Crippen LogP contribution is -2.00. The minimum Gasteiger partial charge on any atom is -0.465 e. The van der Waals surface area contributed by atoms with E-state index in [2.05, 4.69) is 14.9 Å². The Bertz CT molecular complexity index is 819. The second-order valence-corrected chi connectivity index (χ2v) is 4.61. The first-order chi connectivity index (χ1) is 10.2. The van der Waals surface area contributed by atoms with Crippen LogP contribution in [0, 0.1) is 4.91 Å². The molecule has 0 fully saturated rings. The van der Waals surface area contributed by atoms with Crippen molar-refractivity contribution in [1.82, 2.24) is 4.98 Å². The average molecular weight is 280 g/mol. The first-order valence-electron chi connectivity index (χ1n) is 6.36. The molecule has 5 nitrogen and oxygen atoms in total. The molecule has 3 rings (SSSR count). The zero-order chi connectivity index (χ0) is 14.8. The van der Waals surface area contributed by atoms with Crippen LogP contribution in [0.25, 0.3) is 22.2 Å². The van der Waals surface area contributed by atoms with Crippen molar-refractivity contribution < 1.29 is 9.53 Å². The normalized spacial score (nSPS) is 10.5. The fourth-order valence-corrected chi connectivity index (χ4v) is 2.24. The molecule has 0 aliphatic rings. The number of aromatic nitrogens is 1. The van der Waals surface area contributed by atoms with Gasteiger partial charge in [0.15, 0.2) is 0 Å². The van der Waals surface area contributed by atoms with E-state index in [9.17, 15) is 9.70 Å². The van der Waals surface area contributed by atoms with Crippen LogP contribution in [0.4, 0.5) is 5.69 Å². The number of fused-ring (bicyclic) bond motifs is 1. The third kappa shape index (κ3) is 2.41. The van der Waals surface area contributed by atoms with Gasteiger partial charge in [0.2, 0.25) is 0 Å². The Morgan fingerprint density at radius 3 is 2.52 bits per heavy atom. The van der Waals surface area contributed by atoms with Crippen molar-refractivity contribution in [1.29, 1.82) is 0 Å². The van der Waals surface area contributed by atoms with Crippen molar-refractivity contribution in [2.75, 3.05) is 7.11 Å². The van der Waals surface area contributed by atoms with Crippen LogP contribution in [-0.4, -0.2) is 18.1 Å². The highest BCUT2D eigenvalue weighted by atomic mass is 16.5.